The summed E-state index contributed by atoms with van der Waals surface area (Å²) in [6, 6.07) is 15.0. The molecule has 3 rings (SSSR count). The molecule has 3 aromatic rings. The fourth-order valence-corrected chi connectivity index (χ4v) is 2.22. The van der Waals surface area contributed by atoms with Gasteiger partial charge >= 0.3 is 6.03 Å². The number of rotatable bonds is 6. The second kappa shape index (κ2) is 7.96. The van der Waals surface area contributed by atoms with Crippen molar-refractivity contribution in [2.45, 2.75) is 6.92 Å². The number of nitrogens with one attached hydrogen (secondary N) is 3. The van der Waals surface area contributed by atoms with Crippen LogP contribution in [-0.2, 0) is 0 Å². The van der Waals surface area contributed by atoms with E-state index in [9.17, 15) is 4.79 Å². The van der Waals surface area contributed by atoms with Gasteiger partial charge < -0.3 is 20.5 Å². The van der Waals surface area contributed by atoms with Crippen molar-refractivity contribution >= 4 is 17.5 Å². The van der Waals surface area contributed by atoms with Crippen LogP contribution in [0, 0.1) is 6.92 Å². The molecule has 3 N–H and O–H groups in total. The van der Waals surface area contributed by atoms with Crippen molar-refractivity contribution < 1.29 is 4.79 Å². The maximum Gasteiger partial charge on any atom is 0.319 e. The van der Waals surface area contributed by atoms with E-state index in [4.69, 9.17) is 0 Å². The molecule has 128 valence electrons. The Labute approximate surface area is 146 Å². The van der Waals surface area contributed by atoms with Crippen LogP contribution in [-0.4, -0.2) is 33.9 Å². The van der Waals surface area contributed by atoms with E-state index < -0.39 is 0 Å². The quantitative estimate of drug-likeness (QED) is 0.604. The monoisotopic (exact) mass is 336 g/mol. The Bertz CT molecular complexity index is 797. The molecule has 0 unspecified atom stereocenters. The van der Waals surface area contributed by atoms with Crippen LogP contribution in [0.1, 0.15) is 5.56 Å². The maximum atomic E-state index is 11.8. The molecular formula is C18H20N6O. The summed E-state index contributed by atoms with van der Waals surface area (Å²) in [7, 11) is 0. The summed E-state index contributed by atoms with van der Waals surface area (Å²) in [5, 5.41) is 17.0. The lowest BCUT2D eigenvalue weighted by Gasteiger charge is -2.09. The van der Waals surface area contributed by atoms with E-state index in [0.717, 1.165) is 17.1 Å². The summed E-state index contributed by atoms with van der Waals surface area (Å²) >= 11 is 0. The van der Waals surface area contributed by atoms with Crippen molar-refractivity contribution in [2.75, 3.05) is 23.7 Å². The van der Waals surface area contributed by atoms with Crippen LogP contribution in [0.5, 0.6) is 0 Å². The SMILES string of the molecule is Cc1ccc(NC(=O)NCCNc2ccc(-n3cccc3)nn2)cc1. The molecule has 0 radical (unpaired) electrons. The fourth-order valence-electron chi connectivity index (χ4n) is 2.22. The third-order valence-electron chi connectivity index (χ3n) is 3.55. The predicted molar refractivity (Wildman–Crippen MR) is 98.0 cm³/mol. The highest BCUT2D eigenvalue weighted by Gasteiger charge is 2.02. The number of carbonyl (C=O) groups excluding carboxylic acids is 1. The van der Waals surface area contributed by atoms with Crippen molar-refractivity contribution in [2.24, 2.45) is 0 Å². The standard InChI is InChI=1S/C18H20N6O/c1-14-4-6-15(7-5-14)21-18(25)20-11-10-19-16-8-9-17(23-22-16)24-12-2-3-13-24/h2-9,12-13H,10-11H2,1H3,(H,19,22)(H2,20,21,25). The van der Waals surface area contributed by atoms with Gasteiger partial charge in [-0.15, -0.1) is 10.2 Å². The normalized spacial score (nSPS) is 10.3. The zero-order valence-electron chi connectivity index (χ0n) is 13.9. The van der Waals surface area contributed by atoms with Gasteiger partial charge in [-0.25, -0.2) is 4.79 Å². The zero-order valence-corrected chi connectivity index (χ0v) is 13.9. The van der Waals surface area contributed by atoms with Crippen LogP contribution in [0.2, 0.25) is 0 Å². The molecule has 7 nitrogen and oxygen atoms in total. The van der Waals surface area contributed by atoms with Crippen LogP contribution >= 0.6 is 0 Å². The van der Waals surface area contributed by atoms with E-state index in [1.165, 1.54) is 0 Å². The summed E-state index contributed by atoms with van der Waals surface area (Å²) in [6.07, 6.45) is 3.82. The van der Waals surface area contributed by atoms with Gasteiger partial charge in [-0.2, -0.15) is 0 Å². The van der Waals surface area contributed by atoms with Gasteiger partial charge in [0.15, 0.2) is 5.82 Å². The lowest BCUT2D eigenvalue weighted by atomic mass is 10.2. The molecule has 0 bridgehead atoms. The van der Waals surface area contributed by atoms with Crippen LogP contribution in [0.25, 0.3) is 5.82 Å². The van der Waals surface area contributed by atoms with Gasteiger partial charge in [0.25, 0.3) is 0 Å². The van der Waals surface area contributed by atoms with Gasteiger partial charge in [0.2, 0.25) is 0 Å². The number of hydrogen-bond donors (Lipinski definition) is 3. The number of amides is 2. The molecule has 0 saturated carbocycles. The molecule has 0 atom stereocenters. The molecule has 0 spiro atoms. The van der Waals surface area contributed by atoms with Crippen LogP contribution in [0.4, 0.5) is 16.3 Å². The third-order valence-corrected chi connectivity index (χ3v) is 3.55. The molecule has 0 aliphatic heterocycles. The zero-order chi connectivity index (χ0) is 17.5. The molecule has 0 fully saturated rings. The summed E-state index contributed by atoms with van der Waals surface area (Å²) in [5.74, 6) is 1.42. The molecule has 2 aromatic heterocycles. The minimum absolute atomic E-state index is 0.236. The number of anilines is 2. The maximum absolute atomic E-state index is 11.8. The van der Waals surface area contributed by atoms with Gasteiger partial charge in [-0.05, 0) is 43.3 Å². The first-order chi connectivity index (χ1) is 12.2. The molecule has 1 aromatic carbocycles. The van der Waals surface area contributed by atoms with Crippen molar-refractivity contribution in [3.63, 3.8) is 0 Å². The molecule has 2 amide bonds. The Hall–Kier alpha value is -3.35. The molecule has 25 heavy (non-hydrogen) atoms. The summed E-state index contributed by atoms with van der Waals surface area (Å²) < 4.78 is 1.88. The third kappa shape index (κ3) is 4.81. The Morgan fingerprint density at radius 2 is 1.76 bits per heavy atom. The average molecular weight is 336 g/mol. The van der Waals surface area contributed by atoms with Gasteiger partial charge in [-0.3, -0.25) is 0 Å². The number of benzene rings is 1. The number of urea groups is 1. The van der Waals surface area contributed by atoms with Crippen LogP contribution < -0.4 is 16.0 Å². The number of aryl methyl sites for hydroxylation is 1. The number of carbonyl (C=O) groups is 1. The molecule has 7 heteroatoms. The Morgan fingerprint density at radius 3 is 2.44 bits per heavy atom. The van der Waals surface area contributed by atoms with Crippen molar-refractivity contribution in [3.05, 3.63) is 66.5 Å². The minimum Gasteiger partial charge on any atom is -0.367 e. The van der Waals surface area contributed by atoms with Crippen molar-refractivity contribution in [3.8, 4) is 5.82 Å². The predicted octanol–water partition coefficient (Wildman–Crippen LogP) is 2.81. The fraction of sp³-hybridized carbons (Fsp3) is 0.167. The van der Waals surface area contributed by atoms with E-state index in [1.807, 2.05) is 72.4 Å². The topological polar surface area (TPSA) is 83.9 Å². The highest BCUT2D eigenvalue weighted by Crippen LogP contribution is 2.08. The number of hydrogen-bond acceptors (Lipinski definition) is 4. The molecular weight excluding hydrogens is 316 g/mol. The van der Waals surface area contributed by atoms with E-state index in [-0.39, 0.29) is 6.03 Å². The minimum atomic E-state index is -0.236. The largest absolute Gasteiger partial charge is 0.367 e. The van der Waals surface area contributed by atoms with Gasteiger partial charge in [0.1, 0.15) is 5.82 Å². The first-order valence-corrected chi connectivity index (χ1v) is 8.03. The summed E-state index contributed by atoms with van der Waals surface area (Å²) in [5.41, 5.74) is 1.92. The smallest absolute Gasteiger partial charge is 0.319 e. The average Bonchev–Trinajstić information content (AvgIpc) is 3.16. The molecule has 0 aliphatic carbocycles. The lowest BCUT2D eigenvalue weighted by molar-refractivity contribution is 0.252. The number of aromatic nitrogens is 3. The highest BCUT2D eigenvalue weighted by molar-refractivity contribution is 5.89. The van der Waals surface area contributed by atoms with Gasteiger partial charge in [0.05, 0.1) is 0 Å². The van der Waals surface area contributed by atoms with Gasteiger partial charge in [-0.1, -0.05) is 17.7 Å². The molecule has 0 aliphatic rings. The summed E-state index contributed by atoms with van der Waals surface area (Å²) in [6.45, 7) is 3.03. The molecule has 0 saturated heterocycles. The summed E-state index contributed by atoms with van der Waals surface area (Å²) in [4.78, 5) is 11.8. The van der Waals surface area contributed by atoms with E-state index in [1.54, 1.807) is 0 Å². The second-order valence-corrected chi connectivity index (χ2v) is 5.54. The van der Waals surface area contributed by atoms with E-state index in [0.29, 0.717) is 18.9 Å². The van der Waals surface area contributed by atoms with Crippen molar-refractivity contribution in [1.29, 1.82) is 0 Å². The molecule has 2 heterocycles. The van der Waals surface area contributed by atoms with E-state index in [2.05, 4.69) is 26.1 Å². The van der Waals surface area contributed by atoms with Crippen LogP contribution in [0.3, 0.4) is 0 Å². The first-order valence-electron chi connectivity index (χ1n) is 8.03. The first kappa shape index (κ1) is 16.5. The Kier molecular flexibility index (Phi) is 5.26. The highest BCUT2D eigenvalue weighted by atomic mass is 16.2. The Morgan fingerprint density at radius 1 is 1.00 bits per heavy atom. The van der Waals surface area contributed by atoms with Gasteiger partial charge in [0, 0.05) is 31.2 Å². The number of nitrogens with zero attached hydrogens (tertiary/aromatic N) is 3. The Balaban J connectivity index is 1.39. The van der Waals surface area contributed by atoms with Crippen LogP contribution in [0.15, 0.2) is 60.9 Å². The van der Waals surface area contributed by atoms with E-state index >= 15 is 0 Å². The second-order valence-electron chi connectivity index (χ2n) is 5.54. The lowest BCUT2D eigenvalue weighted by Crippen LogP contribution is -2.32. The van der Waals surface area contributed by atoms with Crippen molar-refractivity contribution in [1.82, 2.24) is 20.1 Å².